The largest absolute Gasteiger partial charge is 0.328 e. The lowest BCUT2D eigenvalue weighted by molar-refractivity contribution is 0.514. The molecule has 1 aliphatic rings. The van der Waals surface area contributed by atoms with Crippen molar-refractivity contribution in [2.24, 2.45) is 5.73 Å². The maximum atomic E-state index is 5.94. The van der Waals surface area contributed by atoms with Gasteiger partial charge in [0.25, 0.3) is 0 Å². The number of aryl methyl sites for hydroxylation is 3. The van der Waals surface area contributed by atoms with Gasteiger partial charge in [-0.25, -0.2) is 0 Å². The number of hydrogen-bond donors (Lipinski definition) is 1. The van der Waals surface area contributed by atoms with Gasteiger partial charge in [0.2, 0.25) is 0 Å². The highest BCUT2D eigenvalue weighted by molar-refractivity contribution is 5.61. The molecule has 0 aromatic heterocycles. The third kappa shape index (κ3) is 2.98. The Hall–Kier alpha value is -1.08. The van der Waals surface area contributed by atoms with Crippen LogP contribution in [0, 0.1) is 20.8 Å². The molecule has 0 aliphatic heterocycles. The number of rotatable bonds is 1. The van der Waals surface area contributed by atoms with E-state index in [0.717, 1.165) is 12.8 Å². The molecule has 0 unspecified atom stereocenters. The van der Waals surface area contributed by atoms with Crippen LogP contribution in [0.1, 0.15) is 47.9 Å². The SMILES string of the molecule is Cc1cc(C)c(C=C2CCC(N)CC2)c(C)c1. The Labute approximate surface area is 105 Å². The smallest absolute Gasteiger partial charge is 0.00449 e. The fourth-order valence-corrected chi connectivity index (χ4v) is 2.78. The predicted octanol–water partition coefficient (Wildman–Crippen LogP) is 3.90. The molecule has 0 radical (unpaired) electrons. The summed E-state index contributed by atoms with van der Waals surface area (Å²) < 4.78 is 0. The van der Waals surface area contributed by atoms with Gasteiger partial charge in [-0.2, -0.15) is 0 Å². The van der Waals surface area contributed by atoms with Gasteiger partial charge in [-0.3, -0.25) is 0 Å². The van der Waals surface area contributed by atoms with Crippen LogP contribution in [0.2, 0.25) is 0 Å². The predicted molar refractivity (Wildman–Crippen MR) is 75.1 cm³/mol. The first-order valence-electron chi connectivity index (χ1n) is 6.59. The molecule has 0 saturated heterocycles. The topological polar surface area (TPSA) is 26.0 Å². The quantitative estimate of drug-likeness (QED) is 0.776. The second-order valence-electron chi connectivity index (χ2n) is 5.45. The summed E-state index contributed by atoms with van der Waals surface area (Å²) in [5.41, 5.74) is 13.1. The van der Waals surface area contributed by atoms with E-state index in [4.69, 9.17) is 5.73 Å². The molecule has 1 heteroatoms. The van der Waals surface area contributed by atoms with Crippen LogP contribution in [-0.2, 0) is 0 Å². The Morgan fingerprint density at radius 1 is 1.06 bits per heavy atom. The van der Waals surface area contributed by atoms with Crippen molar-refractivity contribution in [3.63, 3.8) is 0 Å². The van der Waals surface area contributed by atoms with Gasteiger partial charge >= 0.3 is 0 Å². The summed E-state index contributed by atoms with van der Waals surface area (Å²) in [6, 6.07) is 4.97. The van der Waals surface area contributed by atoms with E-state index in [9.17, 15) is 0 Å². The van der Waals surface area contributed by atoms with Crippen molar-refractivity contribution < 1.29 is 0 Å². The van der Waals surface area contributed by atoms with Crippen molar-refractivity contribution in [1.82, 2.24) is 0 Å². The van der Waals surface area contributed by atoms with Crippen LogP contribution >= 0.6 is 0 Å². The van der Waals surface area contributed by atoms with E-state index in [0.29, 0.717) is 6.04 Å². The van der Waals surface area contributed by atoms with E-state index in [1.165, 1.54) is 35.1 Å². The summed E-state index contributed by atoms with van der Waals surface area (Å²) in [4.78, 5) is 0. The summed E-state index contributed by atoms with van der Waals surface area (Å²) in [7, 11) is 0. The second-order valence-corrected chi connectivity index (χ2v) is 5.45. The standard InChI is InChI=1S/C16H23N/c1-11-8-12(2)16(13(3)9-11)10-14-4-6-15(17)7-5-14/h8-10,15H,4-7,17H2,1-3H3. The van der Waals surface area contributed by atoms with Crippen LogP contribution in [0.3, 0.4) is 0 Å². The number of allylic oxidation sites excluding steroid dienone is 1. The highest BCUT2D eigenvalue weighted by Gasteiger charge is 2.13. The molecule has 17 heavy (non-hydrogen) atoms. The molecule has 0 heterocycles. The van der Waals surface area contributed by atoms with Gasteiger partial charge in [0.15, 0.2) is 0 Å². The Morgan fingerprint density at radius 2 is 1.59 bits per heavy atom. The summed E-state index contributed by atoms with van der Waals surface area (Å²) >= 11 is 0. The first kappa shape index (κ1) is 12.4. The first-order valence-corrected chi connectivity index (χ1v) is 6.59. The van der Waals surface area contributed by atoms with Gasteiger partial charge < -0.3 is 5.73 Å². The third-order valence-corrected chi connectivity index (χ3v) is 3.76. The number of benzene rings is 1. The minimum atomic E-state index is 0.423. The van der Waals surface area contributed by atoms with E-state index in [1.54, 1.807) is 5.57 Å². The van der Waals surface area contributed by atoms with Gasteiger partial charge in [0, 0.05) is 6.04 Å². The molecule has 1 aromatic rings. The average molecular weight is 229 g/mol. The van der Waals surface area contributed by atoms with Crippen molar-refractivity contribution >= 4 is 6.08 Å². The molecular formula is C16H23N. The Balaban J connectivity index is 2.26. The van der Waals surface area contributed by atoms with E-state index >= 15 is 0 Å². The molecule has 1 saturated carbocycles. The van der Waals surface area contributed by atoms with Crippen molar-refractivity contribution in [2.45, 2.75) is 52.5 Å². The maximum absolute atomic E-state index is 5.94. The fourth-order valence-electron chi connectivity index (χ4n) is 2.78. The van der Waals surface area contributed by atoms with Crippen LogP contribution in [0.5, 0.6) is 0 Å². The van der Waals surface area contributed by atoms with Crippen LogP contribution in [0.15, 0.2) is 17.7 Å². The summed E-state index contributed by atoms with van der Waals surface area (Å²) in [6.07, 6.45) is 7.05. The van der Waals surface area contributed by atoms with Gasteiger partial charge in [-0.1, -0.05) is 29.3 Å². The van der Waals surface area contributed by atoms with Crippen LogP contribution in [-0.4, -0.2) is 6.04 Å². The molecular weight excluding hydrogens is 206 g/mol. The molecule has 0 spiro atoms. The van der Waals surface area contributed by atoms with Crippen molar-refractivity contribution in [3.05, 3.63) is 40.0 Å². The van der Waals surface area contributed by atoms with Crippen molar-refractivity contribution in [3.8, 4) is 0 Å². The lowest BCUT2D eigenvalue weighted by Gasteiger charge is -2.20. The zero-order chi connectivity index (χ0) is 12.4. The highest BCUT2D eigenvalue weighted by atomic mass is 14.6. The Morgan fingerprint density at radius 3 is 2.12 bits per heavy atom. The molecule has 1 nitrogen and oxygen atoms in total. The zero-order valence-corrected chi connectivity index (χ0v) is 11.2. The van der Waals surface area contributed by atoms with Crippen molar-refractivity contribution in [1.29, 1.82) is 0 Å². The summed E-state index contributed by atoms with van der Waals surface area (Å²) in [6.45, 7) is 6.58. The normalized spacial score (nSPS) is 20.5. The maximum Gasteiger partial charge on any atom is 0.00449 e. The van der Waals surface area contributed by atoms with Crippen LogP contribution < -0.4 is 5.73 Å². The lowest BCUT2D eigenvalue weighted by atomic mass is 9.88. The van der Waals surface area contributed by atoms with Crippen molar-refractivity contribution in [2.75, 3.05) is 0 Å². The fraction of sp³-hybridized carbons (Fsp3) is 0.500. The Bertz CT molecular complexity index is 410. The average Bonchev–Trinajstić information content (AvgIpc) is 2.26. The lowest BCUT2D eigenvalue weighted by Crippen LogP contribution is -2.23. The molecule has 0 bridgehead atoms. The molecule has 2 N–H and O–H groups in total. The molecule has 1 aliphatic carbocycles. The molecule has 1 fully saturated rings. The Kier molecular flexibility index (Phi) is 3.68. The monoisotopic (exact) mass is 229 g/mol. The van der Waals surface area contributed by atoms with E-state index in [-0.39, 0.29) is 0 Å². The third-order valence-electron chi connectivity index (χ3n) is 3.76. The number of hydrogen-bond acceptors (Lipinski definition) is 1. The highest BCUT2D eigenvalue weighted by Crippen LogP contribution is 2.27. The molecule has 2 rings (SSSR count). The molecule has 0 amide bonds. The molecule has 0 atom stereocenters. The number of nitrogens with two attached hydrogens (primary N) is 1. The second kappa shape index (κ2) is 5.05. The van der Waals surface area contributed by atoms with E-state index in [1.807, 2.05) is 0 Å². The van der Waals surface area contributed by atoms with Crippen LogP contribution in [0.25, 0.3) is 6.08 Å². The molecule has 1 aromatic carbocycles. The first-order chi connectivity index (χ1) is 8.06. The van der Waals surface area contributed by atoms with Gasteiger partial charge in [-0.15, -0.1) is 0 Å². The minimum absolute atomic E-state index is 0.423. The summed E-state index contributed by atoms with van der Waals surface area (Å²) in [5, 5.41) is 0. The molecule has 92 valence electrons. The van der Waals surface area contributed by atoms with Crippen LogP contribution in [0.4, 0.5) is 0 Å². The van der Waals surface area contributed by atoms with E-state index in [2.05, 4.69) is 39.0 Å². The van der Waals surface area contributed by atoms with Gasteiger partial charge in [0.05, 0.1) is 0 Å². The zero-order valence-electron chi connectivity index (χ0n) is 11.2. The van der Waals surface area contributed by atoms with E-state index < -0.39 is 0 Å². The van der Waals surface area contributed by atoms with Gasteiger partial charge in [-0.05, 0) is 63.1 Å². The minimum Gasteiger partial charge on any atom is -0.328 e. The van der Waals surface area contributed by atoms with Gasteiger partial charge in [0.1, 0.15) is 0 Å². The summed E-state index contributed by atoms with van der Waals surface area (Å²) in [5.74, 6) is 0.